The van der Waals surface area contributed by atoms with Gasteiger partial charge in [0.2, 0.25) is 0 Å². The van der Waals surface area contributed by atoms with Gasteiger partial charge in [-0.2, -0.15) is 0 Å². The van der Waals surface area contributed by atoms with Crippen LogP contribution in [0.15, 0.2) is 24.3 Å². The van der Waals surface area contributed by atoms with Gasteiger partial charge in [-0.05, 0) is 54.3 Å². The van der Waals surface area contributed by atoms with Gasteiger partial charge in [0.25, 0.3) is 0 Å². The molecule has 0 aliphatic heterocycles. The highest BCUT2D eigenvalue weighted by Crippen LogP contribution is 2.26. The Bertz CT molecular complexity index is 698. The monoisotopic (exact) mass is 304 g/mol. The summed E-state index contributed by atoms with van der Waals surface area (Å²) in [6.45, 7) is 3.97. The van der Waals surface area contributed by atoms with Crippen molar-refractivity contribution in [2.75, 3.05) is 14.2 Å². The zero-order valence-corrected chi connectivity index (χ0v) is 13.0. The Morgan fingerprint density at radius 1 is 0.818 bits per heavy atom. The van der Waals surface area contributed by atoms with Gasteiger partial charge in [0.15, 0.2) is 17.4 Å². The maximum atomic E-state index is 13.7. The van der Waals surface area contributed by atoms with E-state index in [-0.39, 0.29) is 5.75 Å². The Morgan fingerprint density at radius 3 is 1.86 bits per heavy atom. The molecular weight excluding hydrogens is 286 g/mol. The second-order valence-corrected chi connectivity index (χ2v) is 5.02. The first-order valence-electron chi connectivity index (χ1n) is 6.82. The molecule has 116 valence electrons. The van der Waals surface area contributed by atoms with Gasteiger partial charge < -0.3 is 9.47 Å². The number of benzene rings is 2. The van der Waals surface area contributed by atoms with Crippen LogP contribution in [0.3, 0.4) is 0 Å². The predicted octanol–water partition coefficient (Wildman–Crippen LogP) is 4.77. The standard InChI is InChI=1S/C18H18F2O2/c1-11-7-13(10-17(21-3)12(11)2)5-6-14-8-15(19)18(22-4)16(20)9-14/h5-10H,1-4H3/b6-5-. The maximum absolute atomic E-state index is 13.7. The van der Waals surface area contributed by atoms with E-state index in [1.165, 1.54) is 19.2 Å². The number of aryl methyl sites for hydroxylation is 1. The summed E-state index contributed by atoms with van der Waals surface area (Å²) in [6, 6.07) is 6.34. The van der Waals surface area contributed by atoms with Crippen LogP contribution in [0.2, 0.25) is 0 Å². The van der Waals surface area contributed by atoms with Gasteiger partial charge in [0.1, 0.15) is 5.75 Å². The molecule has 4 heteroatoms. The number of ether oxygens (including phenoxy) is 2. The topological polar surface area (TPSA) is 18.5 Å². The zero-order chi connectivity index (χ0) is 16.3. The van der Waals surface area contributed by atoms with Crippen LogP contribution in [0, 0.1) is 25.5 Å². The highest BCUT2D eigenvalue weighted by molar-refractivity contribution is 5.71. The fourth-order valence-electron chi connectivity index (χ4n) is 2.23. The zero-order valence-electron chi connectivity index (χ0n) is 13.0. The molecule has 22 heavy (non-hydrogen) atoms. The number of methoxy groups -OCH3 is 2. The molecule has 0 aliphatic rings. The third-order valence-corrected chi connectivity index (χ3v) is 3.55. The summed E-state index contributed by atoms with van der Waals surface area (Å²) in [7, 11) is 2.85. The first-order valence-corrected chi connectivity index (χ1v) is 6.82. The maximum Gasteiger partial charge on any atom is 0.190 e. The van der Waals surface area contributed by atoms with Crippen molar-refractivity contribution >= 4 is 12.2 Å². The Labute approximate surface area is 129 Å². The van der Waals surface area contributed by atoms with Gasteiger partial charge in [-0.15, -0.1) is 0 Å². The molecule has 0 radical (unpaired) electrons. The number of halogens is 2. The molecule has 0 heterocycles. The van der Waals surface area contributed by atoms with Crippen molar-refractivity contribution in [3.63, 3.8) is 0 Å². The van der Waals surface area contributed by atoms with Gasteiger partial charge in [-0.1, -0.05) is 18.2 Å². The summed E-state index contributed by atoms with van der Waals surface area (Å²) < 4.78 is 37.3. The van der Waals surface area contributed by atoms with Gasteiger partial charge >= 0.3 is 0 Å². The summed E-state index contributed by atoms with van der Waals surface area (Å²) >= 11 is 0. The lowest BCUT2D eigenvalue weighted by Crippen LogP contribution is -1.93. The molecule has 2 aromatic rings. The molecule has 0 aromatic heterocycles. The van der Waals surface area contributed by atoms with Crippen LogP contribution < -0.4 is 9.47 Å². The van der Waals surface area contributed by atoms with E-state index in [4.69, 9.17) is 4.74 Å². The molecule has 0 fully saturated rings. The Morgan fingerprint density at radius 2 is 1.36 bits per heavy atom. The van der Waals surface area contributed by atoms with Gasteiger partial charge in [0, 0.05) is 0 Å². The van der Waals surface area contributed by atoms with Crippen molar-refractivity contribution in [3.8, 4) is 11.5 Å². The quantitative estimate of drug-likeness (QED) is 0.758. The summed E-state index contributed by atoms with van der Waals surface area (Å²) in [6.07, 6.45) is 3.44. The van der Waals surface area contributed by atoms with Crippen LogP contribution in [0.5, 0.6) is 11.5 Å². The SMILES string of the molecule is COc1cc(/C=C\c2cc(F)c(OC)c(F)c2)cc(C)c1C. The lowest BCUT2D eigenvalue weighted by Gasteiger charge is -2.09. The summed E-state index contributed by atoms with van der Waals surface area (Å²) in [5.74, 6) is -1.03. The fraction of sp³-hybridized carbons (Fsp3) is 0.222. The van der Waals surface area contributed by atoms with Crippen molar-refractivity contribution in [2.24, 2.45) is 0 Å². The van der Waals surface area contributed by atoms with Crippen molar-refractivity contribution in [1.29, 1.82) is 0 Å². The molecule has 2 rings (SSSR count). The van der Waals surface area contributed by atoms with Gasteiger partial charge in [-0.25, -0.2) is 8.78 Å². The van der Waals surface area contributed by atoms with E-state index in [2.05, 4.69) is 4.74 Å². The summed E-state index contributed by atoms with van der Waals surface area (Å²) in [5.41, 5.74) is 3.48. The molecule has 2 aromatic carbocycles. The number of rotatable bonds is 4. The van der Waals surface area contributed by atoms with E-state index in [0.29, 0.717) is 5.56 Å². The number of hydrogen-bond acceptors (Lipinski definition) is 2. The lowest BCUT2D eigenvalue weighted by atomic mass is 10.0. The minimum Gasteiger partial charge on any atom is -0.496 e. The van der Waals surface area contributed by atoms with Crippen molar-refractivity contribution in [3.05, 3.63) is 58.2 Å². The Balaban J connectivity index is 2.35. The summed E-state index contributed by atoms with van der Waals surface area (Å²) in [4.78, 5) is 0. The highest BCUT2D eigenvalue weighted by atomic mass is 19.1. The van der Waals surface area contributed by atoms with E-state index in [9.17, 15) is 8.78 Å². The molecular formula is C18H18F2O2. The van der Waals surface area contributed by atoms with Crippen LogP contribution in [0.1, 0.15) is 22.3 Å². The molecule has 0 saturated heterocycles. The van der Waals surface area contributed by atoms with Crippen LogP contribution in [-0.2, 0) is 0 Å². The predicted molar refractivity (Wildman–Crippen MR) is 84.3 cm³/mol. The lowest BCUT2D eigenvalue weighted by molar-refractivity contribution is 0.360. The molecule has 0 unspecified atom stereocenters. The molecule has 0 N–H and O–H groups in total. The van der Waals surface area contributed by atoms with Crippen LogP contribution >= 0.6 is 0 Å². The van der Waals surface area contributed by atoms with E-state index in [1.54, 1.807) is 19.3 Å². The normalized spacial score (nSPS) is 11.0. The third-order valence-electron chi connectivity index (χ3n) is 3.55. The molecule has 2 nitrogen and oxygen atoms in total. The minimum atomic E-state index is -0.722. The molecule has 0 bridgehead atoms. The van der Waals surface area contributed by atoms with E-state index < -0.39 is 11.6 Å². The fourth-order valence-corrected chi connectivity index (χ4v) is 2.23. The van der Waals surface area contributed by atoms with Crippen LogP contribution in [-0.4, -0.2) is 14.2 Å². The molecule has 0 saturated carbocycles. The second kappa shape index (κ2) is 6.60. The van der Waals surface area contributed by atoms with E-state index in [1.807, 2.05) is 26.0 Å². The average Bonchev–Trinajstić information content (AvgIpc) is 2.48. The second-order valence-electron chi connectivity index (χ2n) is 5.02. The molecule has 0 amide bonds. The Hall–Kier alpha value is -2.36. The van der Waals surface area contributed by atoms with Gasteiger partial charge in [0.05, 0.1) is 14.2 Å². The van der Waals surface area contributed by atoms with Crippen molar-refractivity contribution in [1.82, 2.24) is 0 Å². The first kappa shape index (κ1) is 16.0. The van der Waals surface area contributed by atoms with Crippen molar-refractivity contribution < 1.29 is 18.3 Å². The van der Waals surface area contributed by atoms with E-state index >= 15 is 0 Å². The van der Waals surface area contributed by atoms with Gasteiger partial charge in [-0.3, -0.25) is 0 Å². The first-order chi connectivity index (χ1) is 10.5. The molecule has 0 atom stereocenters. The largest absolute Gasteiger partial charge is 0.496 e. The average molecular weight is 304 g/mol. The molecule has 0 aliphatic carbocycles. The van der Waals surface area contributed by atoms with E-state index in [0.717, 1.165) is 22.4 Å². The molecule has 0 spiro atoms. The number of hydrogen-bond donors (Lipinski definition) is 0. The smallest absolute Gasteiger partial charge is 0.190 e. The van der Waals surface area contributed by atoms with Crippen molar-refractivity contribution in [2.45, 2.75) is 13.8 Å². The Kier molecular flexibility index (Phi) is 4.81. The minimum absolute atomic E-state index is 0.370. The van der Waals surface area contributed by atoms with Crippen LogP contribution in [0.4, 0.5) is 8.78 Å². The summed E-state index contributed by atoms with van der Waals surface area (Å²) in [5, 5.41) is 0. The third kappa shape index (κ3) is 3.27. The van der Waals surface area contributed by atoms with Crippen LogP contribution in [0.25, 0.3) is 12.2 Å². The highest BCUT2D eigenvalue weighted by Gasteiger charge is 2.10.